The summed E-state index contributed by atoms with van der Waals surface area (Å²) in [5, 5.41) is 0. The summed E-state index contributed by atoms with van der Waals surface area (Å²) in [5.74, 6) is 0.646. The predicted octanol–water partition coefficient (Wildman–Crippen LogP) is 15.4. The molecule has 6 aromatic carbocycles. The molecule has 1 nitrogen and oxygen atoms in total. The van der Waals surface area contributed by atoms with Gasteiger partial charge in [0.2, 0.25) is 0 Å². The Kier molecular flexibility index (Phi) is 9.20. The molecule has 2 aliphatic rings. The number of fused-ring (bicyclic) bond motifs is 3. The van der Waals surface area contributed by atoms with Crippen molar-refractivity contribution in [2.24, 2.45) is 0 Å². The third-order valence-electron chi connectivity index (χ3n) is 12.4. The zero-order valence-electron chi connectivity index (χ0n) is 33.8. The molecule has 1 saturated carbocycles. The van der Waals surface area contributed by atoms with Gasteiger partial charge in [-0.05, 0) is 133 Å². The highest BCUT2D eigenvalue weighted by molar-refractivity contribution is 5.86. The maximum Gasteiger partial charge on any atom is 0.0465 e. The van der Waals surface area contributed by atoms with Gasteiger partial charge in [0.1, 0.15) is 0 Å². The zero-order chi connectivity index (χ0) is 37.8. The van der Waals surface area contributed by atoms with Gasteiger partial charge in [-0.15, -0.1) is 0 Å². The minimum atomic E-state index is -0.0630. The molecule has 0 unspecified atom stereocenters. The van der Waals surface area contributed by atoms with E-state index in [-0.39, 0.29) is 16.2 Å². The molecular weight excluding hydrogens is 651 g/mol. The number of rotatable bonds is 6. The molecule has 0 N–H and O–H groups in total. The fourth-order valence-corrected chi connectivity index (χ4v) is 8.97. The zero-order valence-corrected chi connectivity index (χ0v) is 33.8. The van der Waals surface area contributed by atoms with Crippen LogP contribution in [0.15, 0.2) is 133 Å². The Morgan fingerprint density at radius 2 is 1.06 bits per heavy atom. The second-order valence-corrected chi connectivity index (χ2v) is 18.6. The number of anilines is 3. The van der Waals surface area contributed by atoms with Crippen LogP contribution in [-0.4, -0.2) is 0 Å². The van der Waals surface area contributed by atoms with Crippen LogP contribution in [0.3, 0.4) is 0 Å². The van der Waals surface area contributed by atoms with Crippen LogP contribution in [0, 0.1) is 0 Å². The summed E-state index contributed by atoms with van der Waals surface area (Å²) in [7, 11) is 0. The number of benzene rings is 6. The highest BCUT2D eigenvalue weighted by atomic mass is 15.1. The van der Waals surface area contributed by atoms with Crippen molar-refractivity contribution in [3.8, 4) is 33.4 Å². The molecule has 0 heterocycles. The minimum absolute atomic E-state index is 0.0630. The second kappa shape index (κ2) is 13.8. The normalized spacial score (nSPS) is 15.5. The summed E-state index contributed by atoms with van der Waals surface area (Å²) in [4.78, 5) is 2.48. The monoisotopic (exact) mass is 707 g/mol. The summed E-state index contributed by atoms with van der Waals surface area (Å²) < 4.78 is 0. The predicted molar refractivity (Wildman–Crippen MR) is 233 cm³/mol. The summed E-state index contributed by atoms with van der Waals surface area (Å²) in [5.41, 5.74) is 18.5. The molecule has 0 saturated heterocycles. The van der Waals surface area contributed by atoms with E-state index in [0.29, 0.717) is 5.92 Å². The van der Waals surface area contributed by atoms with Crippen LogP contribution in [0.25, 0.3) is 33.4 Å². The van der Waals surface area contributed by atoms with Crippen molar-refractivity contribution in [3.05, 3.63) is 161 Å². The molecule has 54 heavy (non-hydrogen) atoms. The lowest BCUT2D eigenvalue weighted by Crippen LogP contribution is -2.16. The second-order valence-electron chi connectivity index (χ2n) is 18.6. The number of nitrogens with zero attached hydrogens (tertiary/aromatic N) is 1. The van der Waals surface area contributed by atoms with E-state index in [9.17, 15) is 0 Å². The molecule has 274 valence electrons. The summed E-state index contributed by atoms with van der Waals surface area (Å²) in [6, 6.07) is 51.1. The van der Waals surface area contributed by atoms with E-state index in [1.807, 2.05) is 0 Å². The van der Waals surface area contributed by atoms with E-state index < -0.39 is 0 Å². The van der Waals surface area contributed by atoms with Gasteiger partial charge in [0.05, 0.1) is 0 Å². The van der Waals surface area contributed by atoms with Crippen LogP contribution in [0.1, 0.15) is 121 Å². The molecular formula is C53H57N. The molecule has 0 bridgehead atoms. The first-order chi connectivity index (χ1) is 25.8. The van der Waals surface area contributed by atoms with Crippen LogP contribution >= 0.6 is 0 Å². The third kappa shape index (κ3) is 6.83. The fourth-order valence-electron chi connectivity index (χ4n) is 8.97. The molecule has 0 aromatic heterocycles. The quantitative estimate of drug-likeness (QED) is 0.167. The lowest BCUT2D eigenvalue weighted by Gasteiger charge is -2.29. The minimum Gasteiger partial charge on any atom is -0.310 e. The van der Waals surface area contributed by atoms with Crippen molar-refractivity contribution in [1.29, 1.82) is 0 Å². The van der Waals surface area contributed by atoms with E-state index in [4.69, 9.17) is 0 Å². The Labute approximate surface area is 325 Å². The van der Waals surface area contributed by atoms with Crippen molar-refractivity contribution >= 4 is 17.1 Å². The lowest BCUT2D eigenvalue weighted by molar-refractivity contribution is 0.443. The van der Waals surface area contributed by atoms with Crippen LogP contribution in [-0.2, 0) is 16.2 Å². The maximum absolute atomic E-state index is 2.48. The molecule has 1 fully saturated rings. The fraction of sp³-hybridized carbons (Fsp3) is 0.321. The molecule has 0 aliphatic heterocycles. The average Bonchev–Trinajstić information content (AvgIpc) is 3.40. The van der Waals surface area contributed by atoms with Crippen molar-refractivity contribution in [2.45, 2.75) is 110 Å². The molecule has 0 radical (unpaired) electrons. The smallest absolute Gasteiger partial charge is 0.0465 e. The van der Waals surface area contributed by atoms with E-state index in [1.54, 1.807) is 0 Å². The molecule has 0 amide bonds. The van der Waals surface area contributed by atoms with Gasteiger partial charge in [0.15, 0.2) is 0 Å². The SMILES string of the molecule is CC(C)(C)c1cc(-c2cccc(-c3ccc(N(c4cccc(C5CCCCC5)c4)c4ccc5c(c4)C(C)(C)c4ccccc4-5)cc3)c2)cc(C(C)(C)C)c1. The first kappa shape index (κ1) is 36.1. The van der Waals surface area contributed by atoms with Crippen molar-refractivity contribution in [1.82, 2.24) is 0 Å². The van der Waals surface area contributed by atoms with Crippen LogP contribution in [0.2, 0.25) is 0 Å². The summed E-state index contributed by atoms with van der Waals surface area (Å²) in [6.45, 7) is 18.6. The van der Waals surface area contributed by atoms with Gasteiger partial charge in [-0.1, -0.05) is 166 Å². The van der Waals surface area contributed by atoms with E-state index in [2.05, 4.69) is 194 Å². The summed E-state index contributed by atoms with van der Waals surface area (Å²) >= 11 is 0. The Bertz CT molecular complexity index is 2270. The topological polar surface area (TPSA) is 3.24 Å². The molecule has 0 atom stereocenters. The van der Waals surface area contributed by atoms with E-state index in [1.165, 1.54) is 110 Å². The van der Waals surface area contributed by atoms with Crippen molar-refractivity contribution in [3.63, 3.8) is 0 Å². The largest absolute Gasteiger partial charge is 0.310 e. The van der Waals surface area contributed by atoms with Crippen molar-refractivity contribution in [2.75, 3.05) is 4.90 Å². The first-order valence-electron chi connectivity index (χ1n) is 20.3. The Morgan fingerprint density at radius 3 is 1.74 bits per heavy atom. The van der Waals surface area contributed by atoms with Gasteiger partial charge >= 0.3 is 0 Å². The maximum atomic E-state index is 2.48. The number of hydrogen-bond acceptors (Lipinski definition) is 1. The van der Waals surface area contributed by atoms with Gasteiger partial charge in [-0.2, -0.15) is 0 Å². The van der Waals surface area contributed by atoms with Gasteiger partial charge in [-0.25, -0.2) is 0 Å². The summed E-state index contributed by atoms with van der Waals surface area (Å²) in [6.07, 6.45) is 6.62. The van der Waals surface area contributed by atoms with Gasteiger partial charge in [0, 0.05) is 22.5 Å². The lowest BCUT2D eigenvalue weighted by atomic mass is 9.79. The number of hydrogen-bond donors (Lipinski definition) is 0. The Hall–Kier alpha value is -4.88. The van der Waals surface area contributed by atoms with Crippen LogP contribution in [0.5, 0.6) is 0 Å². The highest BCUT2D eigenvalue weighted by Crippen LogP contribution is 2.51. The van der Waals surface area contributed by atoms with E-state index >= 15 is 0 Å². The molecule has 6 aromatic rings. The first-order valence-corrected chi connectivity index (χ1v) is 20.3. The molecule has 0 spiro atoms. The van der Waals surface area contributed by atoms with Crippen LogP contribution < -0.4 is 4.90 Å². The van der Waals surface area contributed by atoms with Gasteiger partial charge < -0.3 is 4.90 Å². The molecule has 2 aliphatic carbocycles. The standard InChI is InChI=1S/C53H57N/c1-51(2,3)42-31-41(32-43(34-42)52(4,5)6)39-19-14-18-38(30-39)37-24-26-44(27-25-37)54(45-21-15-20-40(33-45)36-16-10-9-11-17-36)46-28-29-48-47-22-12-13-23-49(47)53(7,8)50(48)35-46/h12-15,18-36H,9-11,16-17H2,1-8H3. The molecule has 8 rings (SSSR count). The highest BCUT2D eigenvalue weighted by Gasteiger charge is 2.36. The van der Waals surface area contributed by atoms with Crippen molar-refractivity contribution < 1.29 is 0 Å². The third-order valence-corrected chi connectivity index (χ3v) is 12.4. The van der Waals surface area contributed by atoms with Crippen LogP contribution in [0.4, 0.5) is 17.1 Å². The average molecular weight is 708 g/mol. The van der Waals surface area contributed by atoms with Gasteiger partial charge in [0.25, 0.3) is 0 Å². The van der Waals surface area contributed by atoms with E-state index in [0.717, 1.165) is 0 Å². The Balaban J connectivity index is 1.19. The Morgan fingerprint density at radius 1 is 0.463 bits per heavy atom. The molecule has 1 heteroatoms. The van der Waals surface area contributed by atoms with Gasteiger partial charge in [-0.3, -0.25) is 0 Å².